The number of ether oxygens (including phenoxy) is 1. The fourth-order valence-electron chi connectivity index (χ4n) is 2.08. The van der Waals surface area contributed by atoms with E-state index in [0.29, 0.717) is 10.6 Å². The van der Waals surface area contributed by atoms with Gasteiger partial charge in [-0.15, -0.1) is 0 Å². The summed E-state index contributed by atoms with van der Waals surface area (Å²) in [6.07, 6.45) is 4.85. The number of hydrogen-bond acceptors (Lipinski definition) is 1. The van der Waals surface area contributed by atoms with Crippen molar-refractivity contribution in [2.24, 2.45) is 0 Å². The molecule has 0 spiro atoms. The quantitative estimate of drug-likeness (QED) is 0.683. The summed E-state index contributed by atoms with van der Waals surface area (Å²) in [5.74, 6) is -0.215. The molecular weight excluding hydrogens is 351 g/mol. The number of rotatable bonds is 4. The highest BCUT2D eigenvalue weighted by Crippen LogP contribution is 2.32. The number of hydrogen-bond donors (Lipinski definition) is 0. The van der Waals surface area contributed by atoms with E-state index in [4.69, 9.17) is 4.74 Å². The lowest BCUT2D eigenvalue weighted by Gasteiger charge is -2.14. The summed E-state index contributed by atoms with van der Waals surface area (Å²) in [7, 11) is 0. The largest absolute Gasteiger partial charge is 0.378 e. The molecule has 2 rings (SSSR count). The van der Waals surface area contributed by atoms with Gasteiger partial charge in [-0.2, -0.15) is 0 Å². The number of halogens is 3. The molecule has 1 aromatic carbocycles. The van der Waals surface area contributed by atoms with Crippen molar-refractivity contribution in [2.75, 3.05) is 6.61 Å². The second-order valence-electron chi connectivity index (χ2n) is 4.35. The maximum Gasteiger partial charge on any atom is 0.137 e. The average Bonchev–Trinajstić information content (AvgIpc) is 2.82. The summed E-state index contributed by atoms with van der Waals surface area (Å²) in [5.41, 5.74) is 1.11. The Hall–Kier alpha value is 0.0700. The van der Waals surface area contributed by atoms with E-state index in [1.54, 1.807) is 0 Å². The van der Waals surface area contributed by atoms with Gasteiger partial charge in [0.1, 0.15) is 5.82 Å². The van der Waals surface area contributed by atoms with E-state index in [1.807, 2.05) is 12.1 Å². The van der Waals surface area contributed by atoms with Crippen LogP contribution in [0.4, 0.5) is 4.39 Å². The second-order valence-corrected chi connectivity index (χ2v) is 6.31. The molecule has 2 unspecified atom stereocenters. The molecule has 1 aliphatic heterocycles. The zero-order chi connectivity index (χ0) is 12.3. The molecule has 1 nitrogen and oxygen atoms in total. The lowest BCUT2D eigenvalue weighted by Crippen LogP contribution is -2.05. The van der Waals surface area contributed by atoms with Crippen LogP contribution in [-0.2, 0) is 4.74 Å². The Morgan fingerprint density at radius 3 is 2.94 bits per heavy atom. The van der Waals surface area contributed by atoms with E-state index < -0.39 is 0 Å². The number of benzene rings is 1. The smallest absolute Gasteiger partial charge is 0.137 e. The van der Waals surface area contributed by atoms with Crippen molar-refractivity contribution in [3.05, 3.63) is 34.1 Å². The Morgan fingerprint density at radius 1 is 1.47 bits per heavy atom. The van der Waals surface area contributed by atoms with Gasteiger partial charge in [-0.25, -0.2) is 4.39 Å². The average molecular weight is 366 g/mol. The first kappa shape index (κ1) is 13.5. The molecule has 2 atom stereocenters. The van der Waals surface area contributed by atoms with Crippen molar-refractivity contribution in [1.29, 1.82) is 0 Å². The normalized spacial score (nSPS) is 21.7. The highest BCUT2D eigenvalue weighted by molar-refractivity contribution is 9.10. The van der Waals surface area contributed by atoms with E-state index >= 15 is 0 Å². The van der Waals surface area contributed by atoms with Crippen molar-refractivity contribution in [3.63, 3.8) is 0 Å². The summed E-state index contributed by atoms with van der Waals surface area (Å²) in [6, 6.07) is 5.17. The molecule has 1 saturated heterocycles. The second kappa shape index (κ2) is 6.30. The summed E-state index contributed by atoms with van der Waals surface area (Å²) in [5, 5.41) is 0. The van der Waals surface area contributed by atoms with E-state index in [1.165, 1.54) is 18.9 Å². The maximum absolute atomic E-state index is 13.1. The molecule has 1 aromatic rings. The summed E-state index contributed by atoms with van der Waals surface area (Å²) in [6.45, 7) is 0.902. The standard InChI is InChI=1S/C13H15Br2FO/c14-11(5-4-10-2-1-7-17-10)9-3-6-13(16)12(15)8-9/h3,6,8,10-11H,1-2,4-5,7H2. The predicted octanol–water partition coefficient (Wildman–Crippen LogP) is 4.98. The van der Waals surface area contributed by atoms with Gasteiger partial charge in [0, 0.05) is 11.4 Å². The van der Waals surface area contributed by atoms with Crippen molar-refractivity contribution in [2.45, 2.75) is 36.6 Å². The van der Waals surface area contributed by atoms with Gasteiger partial charge in [-0.05, 0) is 59.3 Å². The zero-order valence-electron chi connectivity index (χ0n) is 9.46. The van der Waals surface area contributed by atoms with Gasteiger partial charge in [0.25, 0.3) is 0 Å². The van der Waals surface area contributed by atoms with E-state index in [0.717, 1.165) is 25.0 Å². The Bertz CT molecular complexity index is 378. The maximum atomic E-state index is 13.1. The predicted molar refractivity (Wildman–Crippen MR) is 74.0 cm³/mol. The topological polar surface area (TPSA) is 9.23 Å². The first-order valence-electron chi connectivity index (χ1n) is 5.87. The van der Waals surface area contributed by atoms with Gasteiger partial charge in [-0.1, -0.05) is 22.0 Å². The lowest BCUT2D eigenvalue weighted by atomic mass is 10.0. The van der Waals surface area contributed by atoms with Gasteiger partial charge >= 0.3 is 0 Å². The molecule has 4 heteroatoms. The van der Waals surface area contributed by atoms with Crippen LogP contribution in [0.2, 0.25) is 0 Å². The highest BCUT2D eigenvalue weighted by atomic mass is 79.9. The zero-order valence-corrected chi connectivity index (χ0v) is 12.6. The van der Waals surface area contributed by atoms with Crippen molar-refractivity contribution in [3.8, 4) is 0 Å². The minimum absolute atomic E-state index is 0.215. The van der Waals surface area contributed by atoms with Gasteiger partial charge < -0.3 is 4.74 Å². The van der Waals surface area contributed by atoms with Crippen LogP contribution >= 0.6 is 31.9 Å². The Morgan fingerprint density at radius 2 is 2.29 bits per heavy atom. The fourth-order valence-corrected chi connectivity index (χ4v) is 3.02. The lowest BCUT2D eigenvalue weighted by molar-refractivity contribution is 0.102. The molecule has 0 radical (unpaired) electrons. The van der Waals surface area contributed by atoms with Crippen molar-refractivity contribution >= 4 is 31.9 Å². The molecule has 0 bridgehead atoms. The first-order valence-corrected chi connectivity index (χ1v) is 7.58. The molecule has 1 aliphatic rings. The summed E-state index contributed by atoms with van der Waals surface area (Å²) >= 11 is 6.86. The minimum Gasteiger partial charge on any atom is -0.378 e. The molecule has 0 N–H and O–H groups in total. The molecule has 0 aromatic heterocycles. The molecule has 1 fully saturated rings. The molecule has 0 amide bonds. The van der Waals surface area contributed by atoms with E-state index in [2.05, 4.69) is 31.9 Å². The molecule has 0 saturated carbocycles. The minimum atomic E-state index is -0.215. The third-order valence-corrected chi connectivity index (χ3v) is 4.67. The molecule has 1 heterocycles. The Labute approximate surface area is 118 Å². The van der Waals surface area contributed by atoms with E-state index in [-0.39, 0.29) is 10.6 Å². The third kappa shape index (κ3) is 3.76. The van der Waals surface area contributed by atoms with Gasteiger partial charge in [0.05, 0.1) is 10.6 Å². The first-order chi connectivity index (χ1) is 8.16. The SMILES string of the molecule is Fc1ccc(C(Br)CCC2CCCO2)cc1Br. The third-order valence-electron chi connectivity index (χ3n) is 3.07. The van der Waals surface area contributed by atoms with E-state index in [9.17, 15) is 4.39 Å². The summed E-state index contributed by atoms with van der Waals surface area (Å²) in [4.78, 5) is 0.267. The summed E-state index contributed by atoms with van der Waals surface area (Å²) < 4.78 is 19.2. The fraction of sp³-hybridized carbons (Fsp3) is 0.538. The van der Waals surface area contributed by atoms with Crippen LogP contribution in [0.25, 0.3) is 0 Å². The van der Waals surface area contributed by atoms with Crippen LogP contribution in [0.5, 0.6) is 0 Å². The molecule has 17 heavy (non-hydrogen) atoms. The van der Waals surface area contributed by atoms with Gasteiger partial charge in [0.2, 0.25) is 0 Å². The van der Waals surface area contributed by atoms with Crippen LogP contribution in [0, 0.1) is 5.82 Å². The monoisotopic (exact) mass is 364 g/mol. The Balaban J connectivity index is 1.89. The van der Waals surface area contributed by atoms with Crippen molar-refractivity contribution < 1.29 is 9.13 Å². The van der Waals surface area contributed by atoms with Gasteiger partial charge in [-0.3, -0.25) is 0 Å². The molecule has 0 aliphatic carbocycles. The molecular formula is C13H15Br2FO. The Kier molecular flexibility index (Phi) is 5.00. The van der Waals surface area contributed by atoms with Crippen LogP contribution < -0.4 is 0 Å². The number of alkyl halides is 1. The highest BCUT2D eigenvalue weighted by Gasteiger charge is 2.18. The van der Waals surface area contributed by atoms with Crippen LogP contribution in [0.3, 0.4) is 0 Å². The van der Waals surface area contributed by atoms with Gasteiger partial charge in [0.15, 0.2) is 0 Å². The van der Waals surface area contributed by atoms with Crippen LogP contribution in [0.1, 0.15) is 36.1 Å². The van der Waals surface area contributed by atoms with Crippen LogP contribution in [-0.4, -0.2) is 12.7 Å². The van der Waals surface area contributed by atoms with Crippen molar-refractivity contribution in [1.82, 2.24) is 0 Å². The molecule has 94 valence electrons. The van der Waals surface area contributed by atoms with Crippen LogP contribution in [0.15, 0.2) is 22.7 Å².